The molecule has 0 aromatic heterocycles. The van der Waals surface area contributed by atoms with Crippen LogP contribution in [0.2, 0.25) is 0 Å². The summed E-state index contributed by atoms with van der Waals surface area (Å²) in [7, 11) is 0. The van der Waals surface area contributed by atoms with Crippen LogP contribution < -0.4 is 0 Å². The third-order valence-electron chi connectivity index (χ3n) is 2.50. The van der Waals surface area contributed by atoms with E-state index in [4.69, 9.17) is 9.47 Å². The highest BCUT2D eigenvalue weighted by Gasteiger charge is 2.26. The zero-order valence-corrected chi connectivity index (χ0v) is 8.71. The maximum atomic E-state index is 5.59. The molecule has 1 aliphatic carbocycles. The smallest absolute Gasteiger partial charge is 0.0807 e. The van der Waals surface area contributed by atoms with Gasteiger partial charge in [-0.3, -0.25) is 0 Å². The molecule has 0 radical (unpaired) electrons. The number of hydrogen-bond donors (Lipinski definition) is 0. The van der Waals surface area contributed by atoms with Gasteiger partial charge in [0, 0.05) is 13.2 Å². The van der Waals surface area contributed by atoms with Crippen molar-refractivity contribution in [3.8, 4) is 0 Å². The van der Waals surface area contributed by atoms with E-state index in [9.17, 15) is 0 Å². The van der Waals surface area contributed by atoms with Crippen LogP contribution in [0.5, 0.6) is 0 Å². The van der Waals surface area contributed by atoms with Crippen LogP contribution in [0.3, 0.4) is 0 Å². The summed E-state index contributed by atoms with van der Waals surface area (Å²) in [6, 6.07) is 0. The van der Waals surface area contributed by atoms with Crippen molar-refractivity contribution in [2.45, 2.75) is 45.3 Å². The van der Waals surface area contributed by atoms with E-state index in [1.807, 2.05) is 13.8 Å². The molecule has 2 nitrogen and oxygen atoms in total. The summed E-state index contributed by atoms with van der Waals surface area (Å²) in [6.07, 6.45) is 3.87. The van der Waals surface area contributed by atoms with Crippen molar-refractivity contribution >= 4 is 0 Å². The predicted molar refractivity (Wildman–Crippen MR) is 53.8 cm³/mol. The first-order valence-electron chi connectivity index (χ1n) is 5.21. The minimum atomic E-state index is 0.232. The van der Waals surface area contributed by atoms with E-state index in [1.54, 1.807) is 0 Å². The van der Waals surface area contributed by atoms with E-state index in [2.05, 4.69) is 6.58 Å². The second-order valence-electron chi connectivity index (χ2n) is 3.39. The quantitative estimate of drug-likeness (QED) is 0.625. The third kappa shape index (κ3) is 2.82. The van der Waals surface area contributed by atoms with Gasteiger partial charge in [-0.05, 0) is 38.7 Å². The summed E-state index contributed by atoms with van der Waals surface area (Å²) in [5.41, 5.74) is 1.13. The van der Waals surface area contributed by atoms with Crippen LogP contribution in [0, 0.1) is 0 Å². The van der Waals surface area contributed by atoms with E-state index >= 15 is 0 Å². The molecule has 0 aromatic carbocycles. The lowest BCUT2D eigenvalue weighted by Gasteiger charge is -2.31. The van der Waals surface area contributed by atoms with Gasteiger partial charge < -0.3 is 9.47 Å². The van der Waals surface area contributed by atoms with E-state index < -0.39 is 0 Å². The summed E-state index contributed by atoms with van der Waals surface area (Å²) in [5, 5.41) is 0. The number of ether oxygens (including phenoxy) is 2. The lowest BCUT2D eigenvalue weighted by molar-refractivity contribution is 0.00915. The average molecular weight is 184 g/mol. The van der Waals surface area contributed by atoms with Crippen LogP contribution in [0.15, 0.2) is 12.2 Å². The monoisotopic (exact) mass is 184 g/mol. The maximum absolute atomic E-state index is 5.59. The minimum absolute atomic E-state index is 0.232. The first-order valence-corrected chi connectivity index (χ1v) is 5.21. The van der Waals surface area contributed by atoms with Crippen molar-refractivity contribution in [1.29, 1.82) is 0 Å². The minimum Gasteiger partial charge on any atom is -0.374 e. The van der Waals surface area contributed by atoms with Gasteiger partial charge in [0.05, 0.1) is 12.2 Å². The first kappa shape index (κ1) is 10.7. The van der Waals surface area contributed by atoms with Crippen LogP contribution in [0.1, 0.15) is 33.1 Å². The Labute approximate surface area is 80.9 Å². The molecule has 0 heterocycles. The summed E-state index contributed by atoms with van der Waals surface area (Å²) < 4.78 is 11.2. The highest BCUT2D eigenvalue weighted by atomic mass is 16.5. The van der Waals surface area contributed by atoms with Crippen molar-refractivity contribution in [3.63, 3.8) is 0 Å². The Hall–Kier alpha value is -0.340. The van der Waals surface area contributed by atoms with E-state index in [1.165, 1.54) is 6.42 Å². The van der Waals surface area contributed by atoms with Gasteiger partial charge in [0.15, 0.2) is 0 Å². The third-order valence-corrected chi connectivity index (χ3v) is 2.50. The molecule has 1 fully saturated rings. The molecule has 1 rings (SSSR count). The highest BCUT2D eigenvalue weighted by Crippen LogP contribution is 2.27. The summed E-state index contributed by atoms with van der Waals surface area (Å²) in [4.78, 5) is 0. The highest BCUT2D eigenvalue weighted by molar-refractivity contribution is 5.12. The van der Waals surface area contributed by atoms with Crippen molar-refractivity contribution in [3.05, 3.63) is 12.2 Å². The largest absolute Gasteiger partial charge is 0.374 e. The van der Waals surface area contributed by atoms with Crippen molar-refractivity contribution in [2.24, 2.45) is 0 Å². The zero-order valence-electron chi connectivity index (χ0n) is 8.71. The van der Waals surface area contributed by atoms with Crippen molar-refractivity contribution in [2.75, 3.05) is 13.2 Å². The molecule has 1 saturated carbocycles. The van der Waals surface area contributed by atoms with Gasteiger partial charge in [-0.15, -0.1) is 0 Å². The molecule has 0 aromatic rings. The summed E-state index contributed by atoms with van der Waals surface area (Å²) in [5.74, 6) is 0. The van der Waals surface area contributed by atoms with E-state index in [0.717, 1.165) is 31.6 Å². The van der Waals surface area contributed by atoms with E-state index in [0.29, 0.717) is 0 Å². The SMILES string of the molecule is C=C1C(OCC)CCCC1OCC. The van der Waals surface area contributed by atoms with E-state index in [-0.39, 0.29) is 12.2 Å². The Morgan fingerprint density at radius 1 is 1.15 bits per heavy atom. The van der Waals surface area contributed by atoms with Gasteiger partial charge in [-0.2, -0.15) is 0 Å². The van der Waals surface area contributed by atoms with Gasteiger partial charge in [-0.1, -0.05) is 6.58 Å². The Morgan fingerprint density at radius 3 is 2.00 bits per heavy atom. The lowest BCUT2D eigenvalue weighted by atomic mass is 9.90. The van der Waals surface area contributed by atoms with Crippen LogP contribution in [-0.4, -0.2) is 25.4 Å². The fourth-order valence-electron chi connectivity index (χ4n) is 1.85. The zero-order chi connectivity index (χ0) is 9.68. The molecule has 2 heteroatoms. The Kier molecular flexibility index (Phi) is 4.46. The average Bonchev–Trinajstić information content (AvgIpc) is 2.13. The van der Waals surface area contributed by atoms with Crippen LogP contribution in [0.25, 0.3) is 0 Å². The molecular formula is C11H20O2. The molecule has 2 atom stereocenters. The molecule has 0 N–H and O–H groups in total. The Balaban J connectivity index is 2.45. The van der Waals surface area contributed by atoms with Crippen LogP contribution in [0.4, 0.5) is 0 Å². The second kappa shape index (κ2) is 5.40. The molecule has 0 amide bonds. The first-order chi connectivity index (χ1) is 6.29. The molecule has 2 unspecified atom stereocenters. The molecule has 0 aliphatic heterocycles. The molecule has 0 saturated heterocycles. The second-order valence-corrected chi connectivity index (χ2v) is 3.39. The molecular weight excluding hydrogens is 164 g/mol. The van der Waals surface area contributed by atoms with Crippen molar-refractivity contribution < 1.29 is 9.47 Å². The maximum Gasteiger partial charge on any atom is 0.0807 e. The normalized spacial score (nSPS) is 29.2. The van der Waals surface area contributed by atoms with Gasteiger partial charge in [0.1, 0.15) is 0 Å². The predicted octanol–water partition coefficient (Wildman–Crippen LogP) is 2.54. The lowest BCUT2D eigenvalue weighted by Crippen LogP contribution is -2.31. The molecule has 0 bridgehead atoms. The molecule has 1 aliphatic rings. The topological polar surface area (TPSA) is 18.5 Å². The summed E-state index contributed by atoms with van der Waals surface area (Å²) in [6.45, 7) is 9.65. The number of hydrogen-bond acceptors (Lipinski definition) is 2. The fourth-order valence-corrected chi connectivity index (χ4v) is 1.85. The van der Waals surface area contributed by atoms with Gasteiger partial charge in [0.2, 0.25) is 0 Å². The molecule has 13 heavy (non-hydrogen) atoms. The van der Waals surface area contributed by atoms with Gasteiger partial charge >= 0.3 is 0 Å². The van der Waals surface area contributed by atoms with Crippen molar-refractivity contribution in [1.82, 2.24) is 0 Å². The van der Waals surface area contributed by atoms with Crippen LogP contribution >= 0.6 is 0 Å². The molecule has 76 valence electrons. The standard InChI is InChI=1S/C11H20O2/c1-4-12-10-7-6-8-11(9(10)3)13-5-2/h10-11H,3-8H2,1-2H3. The Morgan fingerprint density at radius 2 is 1.62 bits per heavy atom. The van der Waals surface area contributed by atoms with Crippen LogP contribution in [-0.2, 0) is 9.47 Å². The number of rotatable bonds is 4. The van der Waals surface area contributed by atoms with Gasteiger partial charge in [-0.25, -0.2) is 0 Å². The molecule has 0 spiro atoms. The fraction of sp³-hybridized carbons (Fsp3) is 0.818. The van der Waals surface area contributed by atoms with Gasteiger partial charge in [0.25, 0.3) is 0 Å². The summed E-state index contributed by atoms with van der Waals surface area (Å²) >= 11 is 0. The Bertz CT molecular complexity index is 145.